The van der Waals surface area contributed by atoms with Crippen LogP contribution in [0.25, 0.3) is 23.1 Å². The molecule has 4 rings (SSSR count). The predicted octanol–water partition coefficient (Wildman–Crippen LogP) is 3.04. The van der Waals surface area contributed by atoms with Crippen molar-refractivity contribution in [3.8, 4) is 0 Å². The van der Waals surface area contributed by atoms with Crippen LogP contribution in [0.15, 0.2) is 48.5 Å². The number of aromatic amines is 1. The molecule has 0 atom stereocenters. The fourth-order valence-electron chi connectivity index (χ4n) is 3.81. The van der Waals surface area contributed by atoms with Crippen molar-refractivity contribution in [2.75, 3.05) is 32.8 Å². The summed E-state index contributed by atoms with van der Waals surface area (Å²) in [5, 5.41) is 17.8. The van der Waals surface area contributed by atoms with E-state index in [1.54, 1.807) is 23.6 Å². The number of hydrogen-bond donors (Lipinski definition) is 2. The lowest BCUT2D eigenvalue weighted by Crippen LogP contribution is -2.54. The highest BCUT2D eigenvalue weighted by molar-refractivity contribution is 5.95. The number of fused-ring (bicyclic) bond motifs is 1. The molecule has 0 unspecified atom stereocenters. The Labute approximate surface area is 187 Å². The molecule has 32 heavy (non-hydrogen) atoms. The number of benzene rings is 2. The van der Waals surface area contributed by atoms with Gasteiger partial charge in [-0.2, -0.15) is 5.10 Å². The molecule has 1 aliphatic heterocycles. The van der Waals surface area contributed by atoms with E-state index < -0.39 is 5.41 Å². The number of H-pyrrole nitrogens is 1. The van der Waals surface area contributed by atoms with E-state index in [-0.39, 0.29) is 18.4 Å². The highest BCUT2D eigenvalue weighted by Crippen LogP contribution is 2.20. The quantitative estimate of drug-likeness (QED) is 0.649. The van der Waals surface area contributed by atoms with Crippen LogP contribution in [-0.4, -0.2) is 69.7 Å². The smallest absolute Gasteiger partial charge is 0.253 e. The lowest BCUT2D eigenvalue weighted by Gasteiger charge is -2.38. The van der Waals surface area contributed by atoms with Crippen molar-refractivity contribution in [2.45, 2.75) is 13.8 Å². The SMILES string of the molecule is CC(C)(CO)C(=O)N1CCN(C(=O)c2ccc(C=Cc3n[nH]c4ccccc34)cc2)CC1. The second-order valence-electron chi connectivity index (χ2n) is 8.74. The van der Waals surface area contributed by atoms with Crippen LogP contribution in [0.1, 0.15) is 35.5 Å². The molecule has 7 nitrogen and oxygen atoms in total. The van der Waals surface area contributed by atoms with Crippen LogP contribution in [0, 0.1) is 5.41 Å². The van der Waals surface area contributed by atoms with Crippen molar-refractivity contribution in [2.24, 2.45) is 5.41 Å². The fourth-order valence-corrected chi connectivity index (χ4v) is 3.81. The van der Waals surface area contributed by atoms with Gasteiger partial charge in [-0.25, -0.2) is 0 Å². The fraction of sp³-hybridized carbons (Fsp3) is 0.320. The molecule has 0 aliphatic carbocycles. The van der Waals surface area contributed by atoms with Crippen molar-refractivity contribution < 1.29 is 14.7 Å². The molecule has 0 bridgehead atoms. The average Bonchev–Trinajstić information content (AvgIpc) is 3.25. The summed E-state index contributed by atoms with van der Waals surface area (Å²) in [7, 11) is 0. The van der Waals surface area contributed by atoms with E-state index in [0.717, 1.165) is 22.2 Å². The first-order chi connectivity index (χ1) is 15.4. The molecule has 2 aromatic carbocycles. The normalized spacial score (nSPS) is 15.0. The average molecular weight is 433 g/mol. The van der Waals surface area contributed by atoms with Gasteiger partial charge in [0.1, 0.15) is 0 Å². The van der Waals surface area contributed by atoms with E-state index in [1.165, 1.54) is 0 Å². The van der Waals surface area contributed by atoms with Crippen molar-refractivity contribution in [3.63, 3.8) is 0 Å². The number of aliphatic hydroxyl groups is 1. The lowest BCUT2D eigenvalue weighted by atomic mass is 9.92. The van der Waals surface area contributed by atoms with Crippen molar-refractivity contribution in [3.05, 3.63) is 65.4 Å². The third-order valence-corrected chi connectivity index (χ3v) is 5.92. The van der Waals surface area contributed by atoms with Crippen LogP contribution in [0.3, 0.4) is 0 Å². The zero-order valence-corrected chi connectivity index (χ0v) is 18.4. The standard InChI is InChI=1S/C25H28N4O3/c1-25(2,17-30)24(32)29-15-13-28(14-16-29)23(31)19-10-7-18(8-11-19)9-12-22-20-5-3-4-6-21(20)26-27-22/h3-12,30H,13-17H2,1-2H3,(H,26,27). The molecule has 2 heterocycles. The van der Waals surface area contributed by atoms with Gasteiger partial charge in [0.15, 0.2) is 0 Å². The van der Waals surface area contributed by atoms with Gasteiger partial charge in [-0.15, -0.1) is 0 Å². The number of piperazine rings is 1. The third-order valence-electron chi connectivity index (χ3n) is 5.92. The largest absolute Gasteiger partial charge is 0.395 e. The first-order valence-electron chi connectivity index (χ1n) is 10.8. The van der Waals surface area contributed by atoms with Gasteiger partial charge in [0.2, 0.25) is 5.91 Å². The number of aliphatic hydroxyl groups excluding tert-OH is 1. The van der Waals surface area contributed by atoms with E-state index in [0.29, 0.717) is 31.7 Å². The predicted molar refractivity (Wildman–Crippen MR) is 125 cm³/mol. The molecule has 1 saturated heterocycles. The van der Waals surface area contributed by atoms with Gasteiger partial charge in [-0.05, 0) is 43.7 Å². The summed E-state index contributed by atoms with van der Waals surface area (Å²) in [6.07, 6.45) is 3.93. The zero-order chi connectivity index (χ0) is 22.7. The molecular weight excluding hydrogens is 404 g/mol. The molecule has 0 saturated carbocycles. The van der Waals surface area contributed by atoms with Crippen molar-refractivity contribution >= 4 is 34.9 Å². The number of nitrogens with zero attached hydrogens (tertiary/aromatic N) is 3. The van der Waals surface area contributed by atoms with Crippen LogP contribution < -0.4 is 0 Å². The highest BCUT2D eigenvalue weighted by Gasteiger charge is 2.33. The molecule has 1 fully saturated rings. The summed E-state index contributed by atoms with van der Waals surface area (Å²) in [5.74, 6) is -0.111. The molecule has 2 N–H and O–H groups in total. The molecule has 0 spiro atoms. The minimum atomic E-state index is -0.794. The summed E-state index contributed by atoms with van der Waals surface area (Å²) < 4.78 is 0. The topological polar surface area (TPSA) is 89.5 Å². The van der Waals surface area contributed by atoms with Crippen LogP contribution in [0.4, 0.5) is 0 Å². The van der Waals surface area contributed by atoms with Crippen LogP contribution in [-0.2, 0) is 4.79 Å². The molecule has 1 aromatic heterocycles. The minimum Gasteiger partial charge on any atom is -0.395 e. The second kappa shape index (κ2) is 8.96. The molecule has 7 heteroatoms. The molecule has 3 aromatic rings. The number of carbonyl (C=O) groups is 2. The zero-order valence-electron chi connectivity index (χ0n) is 18.4. The Hall–Kier alpha value is -3.45. The molecule has 166 valence electrons. The monoisotopic (exact) mass is 432 g/mol. The molecule has 2 amide bonds. The Morgan fingerprint density at radius 3 is 2.34 bits per heavy atom. The number of amides is 2. The Morgan fingerprint density at radius 2 is 1.66 bits per heavy atom. The van der Waals surface area contributed by atoms with Crippen LogP contribution >= 0.6 is 0 Å². The highest BCUT2D eigenvalue weighted by atomic mass is 16.3. The number of nitrogens with one attached hydrogen (secondary N) is 1. The summed E-state index contributed by atoms with van der Waals surface area (Å²) in [5.41, 5.74) is 2.68. The Kier molecular flexibility index (Phi) is 6.10. The van der Waals surface area contributed by atoms with Gasteiger partial charge in [-0.1, -0.05) is 36.4 Å². The number of para-hydroxylation sites is 1. The summed E-state index contributed by atoms with van der Waals surface area (Å²) in [6.45, 7) is 5.20. The number of hydrogen-bond acceptors (Lipinski definition) is 4. The van der Waals surface area contributed by atoms with Gasteiger partial charge < -0.3 is 14.9 Å². The van der Waals surface area contributed by atoms with E-state index in [9.17, 15) is 14.7 Å². The summed E-state index contributed by atoms with van der Waals surface area (Å²) in [6, 6.07) is 15.5. The van der Waals surface area contributed by atoms with Crippen LogP contribution in [0.5, 0.6) is 0 Å². The lowest BCUT2D eigenvalue weighted by molar-refractivity contribution is -0.143. The van der Waals surface area contributed by atoms with Crippen LogP contribution in [0.2, 0.25) is 0 Å². The molecule has 0 radical (unpaired) electrons. The number of aromatic nitrogens is 2. The Balaban J connectivity index is 1.37. The number of carbonyl (C=O) groups excluding carboxylic acids is 2. The van der Waals surface area contributed by atoms with Gasteiger partial charge >= 0.3 is 0 Å². The Bertz CT molecular complexity index is 1140. The van der Waals surface area contributed by atoms with Crippen molar-refractivity contribution in [1.82, 2.24) is 20.0 Å². The molecule has 1 aliphatic rings. The second-order valence-corrected chi connectivity index (χ2v) is 8.74. The van der Waals surface area contributed by atoms with Gasteiger partial charge in [0.05, 0.1) is 23.2 Å². The maximum absolute atomic E-state index is 12.9. The first kappa shape index (κ1) is 21.8. The summed E-state index contributed by atoms with van der Waals surface area (Å²) >= 11 is 0. The van der Waals surface area contributed by atoms with E-state index in [2.05, 4.69) is 10.2 Å². The molecular formula is C25H28N4O3. The van der Waals surface area contributed by atoms with Gasteiger partial charge in [0.25, 0.3) is 5.91 Å². The maximum atomic E-state index is 12.9. The first-order valence-corrected chi connectivity index (χ1v) is 10.8. The number of rotatable bonds is 5. The van der Waals surface area contributed by atoms with E-state index in [4.69, 9.17) is 0 Å². The minimum absolute atomic E-state index is 0.0349. The van der Waals surface area contributed by atoms with Crippen molar-refractivity contribution in [1.29, 1.82) is 0 Å². The van der Waals surface area contributed by atoms with E-state index >= 15 is 0 Å². The van der Waals surface area contributed by atoms with Gasteiger partial charge in [-0.3, -0.25) is 14.7 Å². The maximum Gasteiger partial charge on any atom is 0.253 e. The van der Waals surface area contributed by atoms with Gasteiger partial charge in [0, 0.05) is 37.1 Å². The Morgan fingerprint density at radius 1 is 1.00 bits per heavy atom. The van der Waals surface area contributed by atoms with E-state index in [1.807, 2.05) is 60.7 Å². The third kappa shape index (κ3) is 4.43. The summed E-state index contributed by atoms with van der Waals surface area (Å²) in [4.78, 5) is 28.9.